The van der Waals surface area contributed by atoms with Crippen molar-refractivity contribution in [2.24, 2.45) is 0 Å². The van der Waals surface area contributed by atoms with E-state index in [0.29, 0.717) is 21.9 Å². The highest BCUT2D eigenvalue weighted by Crippen LogP contribution is 2.26. The van der Waals surface area contributed by atoms with Crippen LogP contribution in [0.15, 0.2) is 54.6 Å². The number of amides is 1. The third-order valence-electron chi connectivity index (χ3n) is 4.09. The van der Waals surface area contributed by atoms with Crippen LogP contribution >= 0.6 is 11.6 Å². The molecule has 6 nitrogen and oxygen atoms in total. The molecule has 138 valence electrons. The van der Waals surface area contributed by atoms with Gasteiger partial charge in [-0.25, -0.2) is 4.98 Å². The molecular formula is C20H17ClN2O4. The van der Waals surface area contributed by atoms with Crippen LogP contribution in [-0.4, -0.2) is 29.1 Å². The average Bonchev–Trinajstić information content (AvgIpc) is 2.66. The van der Waals surface area contributed by atoms with Crippen LogP contribution in [0.3, 0.4) is 0 Å². The van der Waals surface area contributed by atoms with E-state index in [1.165, 1.54) is 0 Å². The van der Waals surface area contributed by atoms with Gasteiger partial charge < -0.3 is 15.2 Å². The van der Waals surface area contributed by atoms with Gasteiger partial charge in [-0.15, -0.1) is 0 Å². The second kappa shape index (κ2) is 8.05. The maximum absolute atomic E-state index is 12.7. The minimum atomic E-state index is -1.04. The number of aromatic nitrogens is 1. The lowest BCUT2D eigenvalue weighted by atomic mass is 10.0. The Morgan fingerprint density at radius 2 is 1.96 bits per heavy atom. The number of carboxylic acid groups (broad SMARTS) is 1. The largest absolute Gasteiger partial charge is 0.497 e. The number of pyridine rings is 1. The second-order valence-electron chi connectivity index (χ2n) is 5.90. The van der Waals surface area contributed by atoms with Crippen LogP contribution in [0.4, 0.5) is 0 Å². The molecule has 2 aromatic carbocycles. The number of carboxylic acids is 1. The van der Waals surface area contributed by atoms with Crippen LogP contribution in [0.1, 0.15) is 28.5 Å². The predicted octanol–water partition coefficient (Wildman–Crippen LogP) is 3.84. The quantitative estimate of drug-likeness (QED) is 0.674. The van der Waals surface area contributed by atoms with Crippen LogP contribution in [0, 0.1) is 0 Å². The molecule has 2 N–H and O–H groups in total. The molecule has 0 fully saturated rings. The van der Waals surface area contributed by atoms with Crippen molar-refractivity contribution in [1.29, 1.82) is 0 Å². The van der Waals surface area contributed by atoms with Crippen molar-refractivity contribution < 1.29 is 19.4 Å². The number of carbonyl (C=O) groups excluding carboxylic acids is 1. The Hall–Kier alpha value is -3.12. The molecule has 0 aliphatic carbocycles. The Balaban J connectivity index is 1.88. The van der Waals surface area contributed by atoms with Gasteiger partial charge in [-0.3, -0.25) is 9.59 Å². The lowest BCUT2D eigenvalue weighted by Gasteiger charge is -2.18. The summed E-state index contributed by atoms with van der Waals surface area (Å²) in [4.78, 5) is 28.2. The number of aliphatic carboxylic acids is 1. The number of halogens is 1. The number of hydrogen-bond acceptors (Lipinski definition) is 4. The van der Waals surface area contributed by atoms with Crippen molar-refractivity contribution in [3.63, 3.8) is 0 Å². The van der Waals surface area contributed by atoms with Gasteiger partial charge in [-0.05, 0) is 35.9 Å². The Labute approximate surface area is 160 Å². The number of rotatable bonds is 6. The van der Waals surface area contributed by atoms with Gasteiger partial charge in [0, 0.05) is 10.4 Å². The molecule has 0 saturated heterocycles. The number of hydrogen-bond donors (Lipinski definition) is 2. The number of methoxy groups -OCH3 is 1. The van der Waals surface area contributed by atoms with Crippen molar-refractivity contribution in [3.05, 3.63) is 70.9 Å². The summed E-state index contributed by atoms with van der Waals surface area (Å²) in [6.45, 7) is 0. The maximum atomic E-state index is 12.7. The monoisotopic (exact) mass is 384 g/mol. The lowest BCUT2D eigenvalue weighted by Crippen LogP contribution is -2.31. The number of carbonyl (C=O) groups is 2. The predicted molar refractivity (Wildman–Crippen MR) is 102 cm³/mol. The highest BCUT2D eigenvalue weighted by atomic mass is 35.5. The van der Waals surface area contributed by atoms with E-state index in [4.69, 9.17) is 16.3 Å². The average molecular weight is 385 g/mol. The van der Waals surface area contributed by atoms with Gasteiger partial charge >= 0.3 is 5.97 Å². The number of fused-ring (bicyclic) bond motifs is 1. The van der Waals surface area contributed by atoms with Crippen LogP contribution in [0.5, 0.6) is 5.75 Å². The van der Waals surface area contributed by atoms with Crippen molar-refractivity contribution >= 4 is 34.4 Å². The van der Waals surface area contributed by atoms with Crippen LogP contribution < -0.4 is 10.1 Å². The first-order valence-electron chi connectivity index (χ1n) is 8.20. The third-order valence-corrected chi connectivity index (χ3v) is 4.44. The number of nitrogens with zero attached hydrogens (tertiary/aromatic N) is 1. The molecule has 0 unspecified atom stereocenters. The highest BCUT2D eigenvalue weighted by molar-refractivity contribution is 6.31. The van der Waals surface area contributed by atoms with E-state index in [1.807, 2.05) is 6.07 Å². The first kappa shape index (κ1) is 18.7. The zero-order valence-electron chi connectivity index (χ0n) is 14.5. The van der Waals surface area contributed by atoms with Crippen molar-refractivity contribution in [3.8, 4) is 5.75 Å². The summed E-state index contributed by atoms with van der Waals surface area (Å²) >= 11 is 6.17. The molecular weight excluding hydrogens is 368 g/mol. The SMILES string of the molecule is COc1ccc2nc(C(=O)N[C@H](CC(=O)O)c3ccccc3Cl)ccc2c1. The number of ether oxygens (including phenoxy) is 1. The first-order chi connectivity index (χ1) is 13.0. The minimum Gasteiger partial charge on any atom is -0.497 e. The molecule has 1 heterocycles. The molecule has 1 aromatic heterocycles. The van der Waals surface area contributed by atoms with Crippen molar-refractivity contribution in [1.82, 2.24) is 10.3 Å². The van der Waals surface area contributed by atoms with E-state index >= 15 is 0 Å². The third kappa shape index (κ3) is 4.35. The molecule has 0 bridgehead atoms. The zero-order chi connectivity index (χ0) is 19.4. The first-order valence-corrected chi connectivity index (χ1v) is 8.57. The Kier molecular flexibility index (Phi) is 5.57. The van der Waals surface area contributed by atoms with Crippen LogP contribution in [-0.2, 0) is 4.79 Å². The van der Waals surface area contributed by atoms with Gasteiger partial charge in [-0.1, -0.05) is 35.9 Å². The number of benzene rings is 2. The molecule has 0 aliphatic rings. The lowest BCUT2D eigenvalue weighted by molar-refractivity contribution is -0.137. The van der Waals surface area contributed by atoms with Crippen molar-refractivity contribution in [2.45, 2.75) is 12.5 Å². The zero-order valence-corrected chi connectivity index (χ0v) is 15.2. The molecule has 0 aliphatic heterocycles. The second-order valence-corrected chi connectivity index (χ2v) is 6.31. The maximum Gasteiger partial charge on any atom is 0.305 e. The highest BCUT2D eigenvalue weighted by Gasteiger charge is 2.21. The molecule has 0 saturated carbocycles. The van der Waals surface area contributed by atoms with E-state index in [0.717, 1.165) is 5.39 Å². The normalized spacial score (nSPS) is 11.8. The summed E-state index contributed by atoms with van der Waals surface area (Å²) in [5.74, 6) is -0.820. The molecule has 27 heavy (non-hydrogen) atoms. The van der Waals surface area contributed by atoms with E-state index in [1.54, 1.807) is 55.6 Å². The fraction of sp³-hybridized carbons (Fsp3) is 0.150. The summed E-state index contributed by atoms with van der Waals surface area (Å²) in [7, 11) is 1.58. The van der Waals surface area contributed by atoms with E-state index in [9.17, 15) is 14.7 Å². The van der Waals surface area contributed by atoms with E-state index in [-0.39, 0.29) is 12.1 Å². The molecule has 0 spiro atoms. The van der Waals surface area contributed by atoms with Gasteiger partial charge in [0.15, 0.2) is 0 Å². The van der Waals surface area contributed by atoms with Gasteiger partial charge in [0.25, 0.3) is 5.91 Å². The fourth-order valence-corrected chi connectivity index (χ4v) is 3.03. The summed E-state index contributed by atoms with van der Waals surface area (Å²) in [6.07, 6.45) is -0.291. The van der Waals surface area contributed by atoms with Crippen LogP contribution in [0.25, 0.3) is 10.9 Å². The molecule has 1 atom stereocenters. The topological polar surface area (TPSA) is 88.5 Å². The molecule has 3 rings (SSSR count). The summed E-state index contributed by atoms with van der Waals surface area (Å²) in [6, 6.07) is 14.7. The molecule has 1 amide bonds. The number of nitrogens with one attached hydrogen (secondary N) is 1. The Bertz CT molecular complexity index is 1010. The fourth-order valence-electron chi connectivity index (χ4n) is 2.76. The van der Waals surface area contributed by atoms with Gasteiger partial charge in [-0.2, -0.15) is 0 Å². The summed E-state index contributed by atoms with van der Waals surface area (Å²) < 4.78 is 5.17. The standard InChI is InChI=1S/C20H17ClN2O4/c1-27-13-7-9-16-12(10-13)6-8-17(22-16)20(26)23-18(11-19(24)25)14-4-2-3-5-15(14)21/h2-10,18H,11H2,1H3,(H,23,26)(H,24,25)/t18-/m1/s1. The Morgan fingerprint density at radius 3 is 2.67 bits per heavy atom. The smallest absolute Gasteiger partial charge is 0.305 e. The minimum absolute atomic E-state index is 0.190. The van der Waals surface area contributed by atoms with Gasteiger partial charge in [0.1, 0.15) is 11.4 Å². The van der Waals surface area contributed by atoms with Crippen LogP contribution in [0.2, 0.25) is 5.02 Å². The molecule has 0 radical (unpaired) electrons. The van der Waals surface area contributed by atoms with Gasteiger partial charge in [0.2, 0.25) is 0 Å². The molecule has 7 heteroatoms. The summed E-state index contributed by atoms with van der Waals surface area (Å²) in [5.41, 5.74) is 1.37. The van der Waals surface area contributed by atoms with Crippen molar-refractivity contribution in [2.75, 3.05) is 7.11 Å². The van der Waals surface area contributed by atoms with Gasteiger partial charge in [0.05, 0.1) is 25.1 Å². The molecule has 3 aromatic rings. The summed E-state index contributed by atoms with van der Waals surface area (Å²) in [5, 5.41) is 13.1. The van der Waals surface area contributed by atoms with E-state index < -0.39 is 17.9 Å². The van der Waals surface area contributed by atoms with E-state index in [2.05, 4.69) is 10.3 Å². The Morgan fingerprint density at radius 1 is 1.19 bits per heavy atom.